The normalized spacial score (nSPS) is 11.9. The van der Waals surface area contributed by atoms with Gasteiger partial charge < -0.3 is 5.73 Å². The lowest BCUT2D eigenvalue weighted by Gasteiger charge is -2.12. The van der Waals surface area contributed by atoms with Crippen molar-refractivity contribution in [2.24, 2.45) is 0 Å². The van der Waals surface area contributed by atoms with Crippen LogP contribution in [0.3, 0.4) is 0 Å². The molecule has 0 atom stereocenters. The summed E-state index contributed by atoms with van der Waals surface area (Å²) in [6.07, 6.45) is -8.28. The Morgan fingerprint density at radius 3 is 2.16 bits per heavy atom. The summed E-state index contributed by atoms with van der Waals surface area (Å²) in [5.74, 6) is 5.43. The molecular formula is C20H10F6N6. The van der Waals surface area contributed by atoms with Crippen molar-refractivity contribution in [2.75, 3.05) is 5.73 Å². The monoisotopic (exact) mass is 448 g/mol. The van der Waals surface area contributed by atoms with E-state index in [-0.39, 0.29) is 34.0 Å². The minimum Gasteiger partial charge on any atom is -0.382 e. The zero-order chi connectivity index (χ0) is 23.1. The maximum absolute atomic E-state index is 13.6. The predicted octanol–water partition coefficient (Wildman–Crippen LogP) is 4.21. The minimum atomic E-state index is -4.80. The molecule has 0 saturated heterocycles. The third kappa shape index (κ3) is 4.18. The number of rotatable bonds is 1. The van der Waals surface area contributed by atoms with Gasteiger partial charge in [-0.1, -0.05) is 18.1 Å². The van der Waals surface area contributed by atoms with Gasteiger partial charge in [0, 0.05) is 5.56 Å². The maximum atomic E-state index is 13.6. The molecule has 0 saturated carbocycles. The van der Waals surface area contributed by atoms with Gasteiger partial charge in [-0.25, -0.2) is 9.50 Å². The maximum Gasteiger partial charge on any atom is 0.433 e. The fraction of sp³-hybridized carbons (Fsp3) is 0.100. The van der Waals surface area contributed by atoms with Gasteiger partial charge in [0.25, 0.3) is 0 Å². The molecule has 0 fully saturated rings. The molecule has 0 aliphatic carbocycles. The predicted molar refractivity (Wildman–Crippen MR) is 101 cm³/mol. The van der Waals surface area contributed by atoms with Crippen molar-refractivity contribution in [2.45, 2.75) is 12.4 Å². The van der Waals surface area contributed by atoms with Crippen LogP contribution in [0.5, 0.6) is 0 Å². The standard InChI is InChI=1S/C20H10F6N6/c21-19(22,23)13-4-1-11(2-5-13)15-9-16(20(24,25)26)32-18(29-15)12(10-28-32)3-6-14-7-8-17(27)31-30-14/h1-2,4-5,7-10H,(H2,27,31). The third-order valence-corrected chi connectivity index (χ3v) is 4.28. The zero-order valence-corrected chi connectivity index (χ0v) is 15.7. The van der Waals surface area contributed by atoms with Crippen LogP contribution in [0, 0.1) is 11.8 Å². The molecule has 0 spiro atoms. The van der Waals surface area contributed by atoms with Crippen molar-refractivity contribution in [3.05, 3.63) is 71.2 Å². The van der Waals surface area contributed by atoms with Gasteiger partial charge >= 0.3 is 12.4 Å². The summed E-state index contributed by atoms with van der Waals surface area (Å²) in [5.41, 5.74) is 3.29. The smallest absolute Gasteiger partial charge is 0.382 e. The van der Waals surface area contributed by atoms with Crippen LogP contribution in [0.1, 0.15) is 22.5 Å². The molecule has 162 valence electrons. The summed E-state index contributed by atoms with van der Waals surface area (Å²) < 4.78 is 79.9. The van der Waals surface area contributed by atoms with Crippen LogP contribution in [0.2, 0.25) is 0 Å². The van der Waals surface area contributed by atoms with Crippen molar-refractivity contribution in [1.29, 1.82) is 0 Å². The number of fused-ring (bicyclic) bond motifs is 1. The van der Waals surface area contributed by atoms with Gasteiger partial charge in [-0.15, -0.1) is 10.2 Å². The van der Waals surface area contributed by atoms with Crippen LogP contribution in [0.4, 0.5) is 32.2 Å². The molecule has 32 heavy (non-hydrogen) atoms. The van der Waals surface area contributed by atoms with Gasteiger partial charge in [0.2, 0.25) is 0 Å². The first-order chi connectivity index (χ1) is 15.0. The quantitative estimate of drug-likeness (QED) is 0.349. The third-order valence-electron chi connectivity index (χ3n) is 4.28. The Kier molecular flexibility index (Phi) is 4.96. The summed E-state index contributed by atoms with van der Waals surface area (Å²) in [4.78, 5) is 4.16. The first-order valence-electron chi connectivity index (χ1n) is 8.77. The summed E-state index contributed by atoms with van der Waals surface area (Å²) in [7, 11) is 0. The fourth-order valence-electron chi connectivity index (χ4n) is 2.77. The number of hydrogen-bond donors (Lipinski definition) is 1. The summed E-state index contributed by atoms with van der Waals surface area (Å²) >= 11 is 0. The Bertz CT molecular complexity index is 1340. The van der Waals surface area contributed by atoms with E-state index in [9.17, 15) is 26.3 Å². The van der Waals surface area contributed by atoms with Crippen molar-refractivity contribution in [3.8, 4) is 23.1 Å². The zero-order valence-electron chi connectivity index (χ0n) is 15.7. The summed E-state index contributed by atoms with van der Waals surface area (Å²) in [6.45, 7) is 0. The highest BCUT2D eigenvalue weighted by Gasteiger charge is 2.36. The highest BCUT2D eigenvalue weighted by atomic mass is 19.4. The van der Waals surface area contributed by atoms with Crippen LogP contribution < -0.4 is 5.73 Å². The lowest BCUT2D eigenvalue weighted by molar-refractivity contribution is -0.142. The topological polar surface area (TPSA) is 82.0 Å². The molecule has 0 amide bonds. The van der Waals surface area contributed by atoms with Gasteiger partial charge in [-0.2, -0.15) is 31.4 Å². The van der Waals surface area contributed by atoms with Crippen molar-refractivity contribution >= 4 is 11.5 Å². The molecule has 12 heteroatoms. The number of aromatic nitrogens is 5. The van der Waals surface area contributed by atoms with Crippen molar-refractivity contribution < 1.29 is 26.3 Å². The van der Waals surface area contributed by atoms with E-state index in [4.69, 9.17) is 5.73 Å². The van der Waals surface area contributed by atoms with Crippen LogP contribution in [-0.2, 0) is 12.4 Å². The highest BCUT2D eigenvalue weighted by molar-refractivity contribution is 5.66. The molecule has 0 aliphatic heterocycles. The first-order valence-corrected chi connectivity index (χ1v) is 8.77. The van der Waals surface area contributed by atoms with E-state index in [0.717, 1.165) is 30.5 Å². The second-order valence-electron chi connectivity index (χ2n) is 6.49. The van der Waals surface area contributed by atoms with Crippen LogP contribution >= 0.6 is 0 Å². The number of alkyl halides is 6. The molecule has 2 N–H and O–H groups in total. The number of nitrogens with zero attached hydrogens (tertiary/aromatic N) is 5. The molecule has 3 heterocycles. The van der Waals surface area contributed by atoms with E-state index in [1.54, 1.807) is 0 Å². The molecular weight excluding hydrogens is 438 g/mol. The van der Waals surface area contributed by atoms with Gasteiger partial charge in [0.1, 0.15) is 11.5 Å². The number of anilines is 1. The number of hydrogen-bond acceptors (Lipinski definition) is 5. The second kappa shape index (κ2) is 7.52. The second-order valence-corrected chi connectivity index (χ2v) is 6.49. The minimum absolute atomic E-state index is 0.0582. The Labute approximate surface area is 175 Å². The summed E-state index contributed by atoms with van der Waals surface area (Å²) in [5, 5.41) is 11.1. The summed E-state index contributed by atoms with van der Waals surface area (Å²) in [6, 6.07) is 7.28. The highest BCUT2D eigenvalue weighted by Crippen LogP contribution is 2.34. The lowest BCUT2D eigenvalue weighted by atomic mass is 10.1. The van der Waals surface area contributed by atoms with Gasteiger partial charge in [-0.3, -0.25) is 0 Å². The van der Waals surface area contributed by atoms with E-state index in [1.807, 2.05) is 0 Å². The van der Waals surface area contributed by atoms with Crippen LogP contribution in [0.25, 0.3) is 16.9 Å². The Balaban J connectivity index is 1.85. The molecule has 3 aromatic heterocycles. The Morgan fingerprint density at radius 2 is 1.56 bits per heavy atom. The molecule has 0 radical (unpaired) electrons. The number of nitrogens with two attached hydrogens (primary N) is 1. The van der Waals surface area contributed by atoms with E-state index in [2.05, 4.69) is 32.1 Å². The molecule has 1 aromatic carbocycles. The molecule has 6 nitrogen and oxygen atoms in total. The molecule has 0 unspecified atom stereocenters. The van der Waals surface area contributed by atoms with Crippen molar-refractivity contribution in [1.82, 2.24) is 24.8 Å². The van der Waals surface area contributed by atoms with Gasteiger partial charge in [0.15, 0.2) is 11.3 Å². The fourth-order valence-corrected chi connectivity index (χ4v) is 2.77. The van der Waals surface area contributed by atoms with E-state index < -0.39 is 23.6 Å². The van der Waals surface area contributed by atoms with Gasteiger partial charge in [0.05, 0.1) is 23.0 Å². The van der Waals surface area contributed by atoms with E-state index >= 15 is 0 Å². The van der Waals surface area contributed by atoms with Gasteiger partial charge in [-0.05, 0) is 36.3 Å². The molecule has 4 aromatic rings. The molecule has 0 aliphatic rings. The molecule has 4 rings (SSSR count). The lowest BCUT2D eigenvalue weighted by Crippen LogP contribution is -2.13. The molecule has 0 bridgehead atoms. The van der Waals surface area contributed by atoms with Crippen molar-refractivity contribution in [3.63, 3.8) is 0 Å². The van der Waals surface area contributed by atoms with E-state index in [1.165, 1.54) is 12.1 Å². The largest absolute Gasteiger partial charge is 0.433 e. The number of nitrogen functional groups attached to an aromatic ring is 1. The Hall–Kier alpha value is -4.14. The Morgan fingerprint density at radius 1 is 0.844 bits per heavy atom. The van der Waals surface area contributed by atoms with Crippen LogP contribution in [-0.4, -0.2) is 24.8 Å². The first kappa shape index (κ1) is 21.1. The van der Waals surface area contributed by atoms with E-state index in [0.29, 0.717) is 10.6 Å². The SMILES string of the molecule is Nc1ccc(C#Cc2cnn3c(C(F)(F)F)cc(-c4ccc(C(F)(F)F)cc4)nc23)nn1. The average Bonchev–Trinajstić information content (AvgIpc) is 3.14. The number of halogens is 6. The average molecular weight is 448 g/mol. The number of benzene rings is 1. The van der Waals surface area contributed by atoms with Crippen LogP contribution in [0.15, 0.2) is 48.7 Å².